The number of nitrogens with zero attached hydrogens (tertiary/aromatic N) is 3. The number of para-hydroxylation sites is 1. The number of rotatable bonds is 6. The Labute approximate surface area is 179 Å². The number of anilines is 1. The molecule has 3 amide bonds. The van der Waals surface area contributed by atoms with E-state index in [9.17, 15) is 14.7 Å². The third-order valence-corrected chi connectivity index (χ3v) is 5.36. The van der Waals surface area contributed by atoms with Crippen molar-refractivity contribution in [3.05, 3.63) is 23.8 Å². The Morgan fingerprint density at radius 2 is 1.97 bits per heavy atom. The fourth-order valence-electron chi connectivity index (χ4n) is 3.51. The number of nitrogens with one attached hydrogen (secondary N) is 1. The van der Waals surface area contributed by atoms with Crippen molar-refractivity contribution in [2.45, 2.75) is 45.9 Å². The Morgan fingerprint density at radius 1 is 1.30 bits per heavy atom. The number of hydrogen-bond acceptors (Lipinski definition) is 5. The molecule has 8 heteroatoms. The van der Waals surface area contributed by atoms with Crippen molar-refractivity contribution in [1.29, 1.82) is 0 Å². The number of fused-ring (bicyclic) bond motifs is 1. The van der Waals surface area contributed by atoms with Crippen molar-refractivity contribution in [1.82, 2.24) is 15.1 Å². The lowest BCUT2D eigenvalue weighted by Gasteiger charge is -2.39. The topological polar surface area (TPSA) is 85.4 Å². The van der Waals surface area contributed by atoms with Crippen molar-refractivity contribution in [3.63, 3.8) is 0 Å². The Balaban J connectivity index is 2.45. The summed E-state index contributed by atoms with van der Waals surface area (Å²) in [6.07, 6.45) is -0.325. The summed E-state index contributed by atoms with van der Waals surface area (Å²) >= 11 is 0. The van der Waals surface area contributed by atoms with Crippen LogP contribution in [0.4, 0.5) is 10.5 Å². The second-order valence-electron chi connectivity index (χ2n) is 8.66. The number of urea groups is 1. The minimum absolute atomic E-state index is 0.0372. The van der Waals surface area contributed by atoms with Gasteiger partial charge in [-0.3, -0.25) is 4.79 Å². The van der Waals surface area contributed by atoms with Gasteiger partial charge in [-0.1, -0.05) is 13.0 Å². The molecule has 1 aromatic carbocycles. The number of aliphatic hydroxyl groups excluding tert-OH is 1. The van der Waals surface area contributed by atoms with Crippen LogP contribution in [0, 0.1) is 5.92 Å². The van der Waals surface area contributed by atoms with Crippen LogP contribution in [0.15, 0.2) is 18.2 Å². The maximum Gasteiger partial charge on any atom is 0.317 e. The van der Waals surface area contributed by atoms with Gasteiger partial charge < -0.3 is 29.9 Å². The van der Waals surface area contributed by atoms with Crippen molar-refractivity contribution in [3.8, 4) is 5.75 Å². The quantitative estimate of drug-likeness (QED) is 0.736. The van der Waals surface area contributed by atoms with Crippen molar-refractivity contribution in [2.24, 2.45) is 5.92 Å². The van der Waals surface area contributed by atoms with Gasteiger partial charge >= 0.3 is 6.03 Å². The molecule has 168 valence electrons. The Hall–Kier alpha value is -2.48. The molecule has 30 heavy (non-hydrogen) atoms. The van der Waals surface area contributed by atoms with E-state index in [0.717, 1.165) is 5.69 Å². The van der Waals surface area contributed by atoms with E-state index < -0.39 is 0 Å². The highest BCUT2D eigenvalue weighted by molar-refractivity contribution is 5.99. The van der Waals surface area contributed by atoms with Crippen LogP contribution in [-0.2, 0) is 0 Å². The van der Waals surface area contributed by atoms with Gasteiger partial charge in [-0.25, -0.2) is 4.79 Å². The molecule has 0 spiro atoms. The van der Waals surface area contributed by atoms with Gasteiger partial charge in [0.2, 0.25) is 0 Å². The molecular formula is C22H36N4O4. The highest BCUT2D eigenvalue weighted by Gasteiger charge is 2.35. The maximum atomic E-state index is 13.3. The first-order valence-corrected chi connectivity index (χ1v) is 10.5. The van der Waals surface area contributed by atoms with Crippen LogP contribution in [0.25, 0.3) is 0 Å². The van der Waals surface area contributed by atoms with Gasteiger partial charge in [-0.15, -0.1) is 0 Å². The Bertz CT molecular complexity index is 753. The summed E-state index contributed by atoms with van der Waals surface area (Å²) in [4.78, 5) is 31.0. The van der Waals surface area contributed by atoms with E-state index in [1.165, 1.54) is 0 Å². The SMILES string of the molecule is CC(C)NC(=O)N(C)C[C@H]1Oc2c(cccc2N(C)C)C(=O)N([C@H](C)CO)C[C@@H]1C. The molecule has 1 aliphatic rings. The summed E-state index contributed by atoms with van der Waals surface area (Å²) in [5.41, 5.74) is 1.26. The van der Waals surface area contributed by atoms with E-state index in [0.29, 0.717) is 24.4 Å². The first-order valence-electron chi connectivity index (χ1n) is 10.5. The predicted molar refractivity (Wildman–Crippen MR) is 118 cm³/mol. The molecule has 1 heterocycles. The first kappa shape index (κ1) is 23.8. The minimum Gasteiger partial charge on any atom is -0.485 e. The molecule has 0 aliphatic carbocycles. The minimum atomic E-state index is -0.325. The van der Waals surface area contributed by atoms with Crippen LogP contribution in [0.2, 0.25) is 0 Å². The van der Waals surface area contributed by atoms with Gasteiger partial charge in [0.15, 0.2) is 5.75 Å². The highest BCUT2D eigenvalue weighted by Crippen LogP contribution is 2.36. The molecule has 0 fully saturated rings. The lowest BCUT2D eigenvalue weighted by atomic mass is 9.99. The second-order valence-corrected chi connectivity index (χ2v) is 8.66. The maximum absolute atomic E-state index is 13.3. The average Bonchev–Trinajstić information content (AvgIpc) is 2.68. The fraction of sp³-hybridized carbons (Fsp3) is 0.636. The van der Waals surface area contributed by atoms with E-state index in [2.05, 4.69) is 5.32 Å². The molecule has 0 unspecified atom stereocenters. The molecule has 0 bridgehead atoms. The van der Waals surface area contributed by atoms with Crippen LogP contribution in [0.1, 0.15) is 38.1 Å². The largest absolute Gasteiger partial charge is 0.485 e. The average molecular weight is 421 g/mol. The lowest BCUT2D eigenvalue weighted by Crippen LogP contribution is -2.51. The third-order valence-electron chi connectivity index (χ3n) is 5.36. The zero-order valence-electron chi connectivity index (χ0n) is 19.2. The number of carbonyl (C=O) groups excluding carboxylic acids is 2. The van der Waals surface area contributed by atoms with Crippen LogP contribution in [0.3, 0.4) is 0 Å². The van der Waals surface area contributed by atoms with Gasteiger partial charge in [0.1, 0.15) is 6.10 Å². The number of aliphatic hydroxyl groups is 1. The van der Waals surface area contributed by atoms with Crippen LogP contribution in [-0.4, -0.2) is 85.9 Å². The van der Waals surface area contributed by atoms with Gasteiger partial charge in [0.25, 0.3) is 5.91 Å². The van der Waals surface area contributed by atoms with Gasteiger partial charge in [0.05, 0.1) is 30.4 Å². The van der Waals surface area contributed by atoms with Crippen molar-refractivity contribution >= 4 is 17.6 Å². The standard InChI is InChI=1S/C22H36N4O4/c1-14(2)23-22(29)25(7)12-19-15(3)11-26(16(4)13-27)21(28)17-9-8-10-18(24(5)6)20(17)30-19/h8-10,14-16,19,27H,11-13H2,1-7H3,(H,23,29)/t15-,16+,19+/m0/s1. The molecule has 2 N–H and O–H groups in total. The summed E-state index contributed by atoms with van der Waals surface area (Å²) in [7, 11) is 5.54. The van der Waals surface area contributed by atoms with Crippen LogP contribution >= 0.6 is 0 Å². The van der Waals surface area contributed by atoms with E-state index >= 15 is 0 Å². The molecule has 1 aromatic rings. The molecule has 3 atom stereocenters. The number of likely N-dealkylation sites (N-methyl/N-ethyl adjacent to an activating group) is 1. The number of amides is 3. The molecular weight excluding hydrogens is 384 g/mol. The molecule has 2 rings (SSSR count). The monoisotopic (exact) mass is 420 g/mol. The normalized spacial score (nSPS) is 20.0. The summed E-state index contributed by atoms with van der Waals surface area (Å²) in [5, 5.41) is 12.6. The van der Waals surface area contributed by atoms with Gasteiger partial charge in [-0.05, 0) is 32.9 Å². The number of ether oxygens (including phenoxy) is 1. The summed E-state index contributed by atoms with van der Waals surface area (Å²) in [6.45, 7) is 8.35. The van der Waals surface area contributed by atoms with E-state index in [4.69, 9.17) is 4.74 Å². The van der Waals surface area contributed by atoms with Gasteiger partial charge in [0, 0.05) is 39.6 Å². The van der Waals surface area contributed by atoms with Gasteiger partial charge in [-0.2, -0.15) is 0 Å². The molecule has 0 radical (unpaired) electrons. The van der Waals surface area contributed by atoms with Crippen molar-refractivity contribution < 1.29 is 19.4 Å². The second kappa shape index (κ2) is 10.0. The van der Waals surface area contributed by atoms with E-state index in [1.807, 2.05) is 58.8 Å². The summed E-state index contributed by atoms with van der Waals surface area (Å²) in [6, 6.07) is 5.04. The Morgan fingerprint density at radius 3 is 2.53 bits per heavy atom. The molecule has 0 saturated heterocycles. The summed E-state index contributed by atoms with van der Waals surface area (Å²) in [5.74, 6) is 0.295. The zero-order chi connectivity index (χ0) is 22.6. The molecule has 1 aliphatic heterocycles. The number of carbonyl (C=O) groups is 2. The fourth-order valence-corrected chi connectivity index (χ4v) is 3.51. The highest BCUT2D eigenvalue weighted by atomic mass is 16.5. The van der Waals surface area contributed by atoms with E-state index in [1.54, 1.807) is 22.9 Å². The van der Waals surface area contributed by atoms with E-state index in [-0.39, 0.29) is 42.7 Å². The predicted octanol–water partition coefficient (Wildman–Crippen LogP) is 2.02. The lowest BCUT2D eigenvalue weighted by molar-refractivity contribution is 0.0368. The van der Waals surface area contributed by atoms with Crippen LogP contribution in [0.5, 0.6) is 5.75 Å². The smallest absolute Gasteiger partial charge is 0.317 e. The number of hydrogen-bond donors (Lipinski definition) is 2. The molecule has 0 aromatic heterocycles. The van der Waals surface area contributed by atoms with Crippen molar-refractivity contribution in [2.75, 3.05) is 45.7 Å². The molecule has 8 nitrogen and oxygen atoms in total. The third kappa shape index (κ3) is 5.36. The van der Waals surface area contributed by atoms with Crippen LogP contribution < -0.4 is 15.0 Å². The summed E-state index contributed by atoms with van der Waals surface area (Å²) < 4.78 is 6.43. The zero-order valence-corrected chi connectivity index (χ0v) is 19.2. The Kier molecular flexibility index (Phi) is 7.95. The number of benzene rings is 1. The first-order chi connectivity index (χ1) is 14.1. The molecule has 0 saturated carbocycles.